The number of carbonyl (C=O) groups excluding carboxylic acids is 2. The van der Waals surface area contributed by atoms with Crippen LogP contribution in [-0.4, -0.2) is 62.1 Å². The number of nitrogens with zero attached hydrogens (tertiary/aromatic N) is 3. The van der Waals surface area contributed by atoms with Crippen LogP contribution in [0, 0.1) is 18.3 Å². The fourth-order valence-corrected chi connectivity index (χ4v) is 4.71. The van der Waals surface area contributed by atoms with Gasteiger partial charge in [0.25, 0.3) is 0 Å². The van der Waals surface area contributed by atoms with E-state index in [0.29, 0.717) is 29.9 Å². The van der Waals surface area contributed by atoms with Crippen molar-refractivity contribution in [3.05, 3.63) is 65.2 Å². The topological polar surface area (TPSA) is 111 Å². The van der Waals surface area contributed by atoms with Crippen molar-refractivity contribution < 1.29 is 18.0 Å². The van der Waals surface area contributed by atoms with Gasteiger partial charge in [0.2, 0.25) is 5.91 Å². The minimum atomic E-state index is -3.64. The summed E-state index contributed by atoms with van der Waals surface area (Å²) in [5, 5.41) is 11.7. The number of benzene rings is 2. The maximum absolute atomic E-state index is 12.5. The van der Waals surface area contributed by atoms with Crippen molar-refractivity contribution in [2.24, 2.45) is 0 Å². The van der Waals surface area contributed by atoms with Crippen molar-refractivity contribution in [1.82, 2.24) is 9.80 Å². The van der Waals surface area contributed by atoms with Gasteiger partial charge in [0.15, 0.2) is 9.84 Å². The third-order valence-electron chi connectivity index (χ3n) is 5.00. The van der Waals surface area contributed by atoms with Gasteiger partial charge in [0.05, 0.1) is 17.4 Å². The normalized spacial score (nSPS) is 14.1. The van der Waals surface area contributed by atoms with Crippen LogP contribution in [-0.2, 0) is 20.4 Å². The molecule has 0 spiro atoms. The van der Waals surface area contributed by atoms with E-state index in [9.17, 15) is 18.0 Å². The molecule has 1 aliphatic heterocycles. The second-order valence-electron chi connectivity index (χ2n) is 7.51. The van der Waals surface area contributed by atoms with Gasteiger partial charge in [0, 0.05) is 31.9 Å². The van der Waals surface area contributed by atoms with Crippen molar-refractivity contribution in [1.29, 1.82) is 5.26 Å². The van der Waals surface area contributed by atoms with Gasteiger partial charge in [-0.15, -0.1) is 0 Å². The average Bonchev–Trinajstić information content (AvgIpc) is 2.73. The number of nitrogens with one attached hydrogen (secondary N) is 1. The second-order valence-corrected chi connectivity index (χ2v) is 9.57. The Morgan fingerprint density at radius 1 is 1.03 bits per heavy atom. The highest BCUT2D eigenvalue weighted by molar-refractivity contribution is 7.91. The molecule has 0 aliphatic carbocycles. The van der Waals surface area contributed by atoms with Crippen LogP contribution in [0.5, 0.6) is 0 Å². The Morgan fingerprint density at radius 3 is 2.29 bits per heavy atom. The molecule has 3 amide bonds. The summed E-state index contributed by atoms with van der Waals surface area (Å²) < 4.78 is 24.8. The number of amides is 3. The van der Waals surface area contributed by atoms with Crippen LogP contribution in [0.1, 0.15) is 16.7 Å². The first-order valence-corrected chi connectivity index (χ1v) is 11.7. The summed E-state index contributed by atoms with van der Waals surface area (Å²) in [6, 6.07) is 15.5. The highest BCUT2D eigenvalue weighted by Gasteiger charge is 2.27. The monoisotopic (exact) mass is 440 g/mol. The lowest BCUT2D eigenvalue weighted by Crippen LogP contribution is -2.52. The van der Waals surface area contributed by atoms with E-state index >= 15 is 0 Å². The molecule has 0 bridgehead atoms. The number of rotatable bonds is 5. The molecule has 0 aromatic heterocycles. The molecule has 2 aromatic carbocycles. The zero-order chi connectivity index (χ0) is 22.4. The molecule has 31 heavy (non-hydrogen) atoms. The molecule has 0 radical (unpaired) electrons. The number of piperazine rings is 1. The van der Waals surface area contributed by atoms with E-state index in [-0.39, 0.29) is 24.9 Å². The molecule has 2 aromatic rings. The maximum Gasteiger partial charge on any atom is 0.321 e. The van der Waals surface area contributed by atoms with E-state index in [1.54, 1.807) is 29.2 Å². The fourth-order valence-electron chi connectivity index (χ4n) is 3.34. The Morgan fingerprint density at radius 2 is 1.68 bits per heavy atom. The lowest BCUT2D eigenvalue weighted by Gasteiger charge is -2.34. The number of sulfone groups is 1. The van der Waals surface area contributed by atoms with E-state index in [2.05, 4.69) is 5.32 Å². The van der Waals surface area contributed by atoms with Gasteiger partial charge in [-0.2, -0.15) is 5.26 Å². The predicted octanol–water partition coefficient (Wildman–Crippen LogP) is 2.16. The molecule has 162 valence electrons. The van der Waals surface area contributed by atoms with Crippen molar-refractivity contribution in [2.75, 3.05) is 37.2 Å². The van der Waals surface area contributed by atoms with Gasteiger partial charge in [-0.1, -0.05) is 24.3 Å². The highest BCUT2D eigenvalue weighted by atomic mass is 32.2. The third-order valence-corrected chi connectivity index (χ3v) is 6.46. The summed E-state index contributed by atoms with van der Waals surface area (Å²) in [6.07, 6.45) is 0. The van der Waals surface area contributed by atoms with Crippen LogP contribution in [0.15, 0.2) is 48.5 Å². The Hall–Kier alpha value is -3.38. The minimum absolute atomic E-state index is 0.244. The molecule has 0 saturated carbocycles. The van der Waals surface area contributed by atoms with Crippen LogP contribution >= 0.6 is 0 Å². The Balaban J connectivity index is 1.50. The number of hydrogen-bond acceptors (Lipinski definition) is 5. The summed E-state index contributed by atoms with van der Waals surface area (Å²) in [5.74, 6) is -1.31. The molecule has 1 aliphatic rings. The molecule has 1 heterocycles. The largest absolute Gasteiger partial charge is 0.338 e. The molecular weight excluding hydrogens is 416 g/mol. The van der Waals surface area contributed by atoms with Crippen molar-refractivity contribution >= 4 is 27.5 Å². The Bertz CT molecular complexity index is 1100. The van der Waals surface area contributed by atoms with Gasteiger partial charge < -0.3 is 15.1 Å². The standard InChI is InChI=1S/C22H24N4O4S/c1-17-3-2-4-20(13-17)24-22(28)26-11-9-25(10-12-26)21(27)16-31(29,30)15-19-7-5-18(14-23)6-8-19/h2-8,13H,9-12,15-16H2,1H3,(H,24,28). The van der Waals surface area contributed by atoms with E-state index < -0.39 is 21.5 Å². The predicted molar refractivity (Wildman–Crippen MR) is 117 cm³/mol. The number of nitriles is 1. The zero-order valence-corrected chi connectivity index (χ0v) is 18.1. The van der Waals surface area contributed by atoms with Crippen LogP contribution in [0.25, 0.3) is 0 Å². The Labute approximate surface area is 182 Å². The molecule has 0 atom stereocenters. The number of hydrogen-bond donors (Lipinski definition) is 1. The van der Waals surface area contributed by atoms with E-state index in [0.717, 1.165) is 5.56 Å². The van der Waals surface area contributed by atoms with Crippen molar-refractivity contribution in [3.8, 4) is 6.07 Å². The van der Waals surface area contributed by atoms with Crippen LogP contribution in [0.3, 0.4) is 0 Å². The molecule has 8 nitrogen and oxygen atoms in total. The smallest absolute Gasteiger partial charge is 0.321 e. The lowest BCUT2D eigenvalue weighted by molar-refractivity contribution is -0.129. The first-order valence-electron chi connectivity index (χ1n) is 9.85. The van der Waals surface area contributed by atoms with Crippen LogP contribution in [0.2, 0.25) is 0 Å². The fraction of sp³-hybridized carbons (Fsp3) is 0.318. The van der Waals surface area contributed by atoms with Crippen LogP contribution < -0.4 is 5.32 Å². The zero-order valence-electron chi connectivity index (χ0n) is 17.2. The Kier molecular flexibility index (Phi) is 6.92. The van der Waals surface area contributed by atoms with E-state index in [1.807, 2.05) is 37.3 Å². The number of urea groups is 1. The molecular formula is C22H24N4O4S. The summed E-state index contributed by atoms with van der Waals surface area (Å²) in [6.45, 7) is 3.17. The number of anilines is 1. The first kappa shape index (κ1) is 22.3. The molecule has 1 fully saturated rings. The van der Waals surface area contributed by atoms with Gasteiger partial charge in [-0.05, 0) is 42.3 Å². The van der Waals surface area contributed by atoms with E-state index in [1.165, 1.54) is 4.90 Å². The molecule has 9 heteroatoms. The summed E-state index contributed by atoms with van der Waals surface area (Å²) in [7, 11) is -3.64. The minimum Gasteiger partial charge on any atom is -0.338 e. The van der Waals surface area contributed by atoms with Gasteiger partial charge in [-0.3, -0.25) is 4.79 Å². The summed E-state index contributed by atoms with van der Waals surface area (Å²) in [5.41, 5.74) is 2.72. The van der Waals surface area contributed by atoms with E-state index in [4.69, 9.17) is 5.26 Å². The maximum atomic E-state index is 12.5. The third kappa shape index (κ3) is 6.30. The van der Waals surface area contributed by atoms with Gasteiger partial charge in [0.1, 0.15) is 5.75 Å². The van der Waals surface area contributed by atoms with Gasteiger partial charge >= 0.3 is 6.03 Å². The SMILES string of the molecule is Cc1cccc(NC(=O)N2CCN(C(=O)CS(=O)(=O)Cc3ccc(C#N)cc3)CC2)c1. The number of aryl methyl sites for hydroxylation is 1. The van der Waals surface area contributed by atoms with Crippen LogP contribution in [0.4, 0.5) is 10.5 Å². The summed E-state index contributed by atoms with van der Waals surface area (Å²) >= 11 is 0. The summed E-state index contributed by atoms with van der Waals surface area (Å²) in [4.78, 5) is 28.0. The van der Waals surface area contributed by atoms with Crippen molar-refractivity contribution in [3.63, 3.8) is 0 Å². The molecule has 0 unspecified atom stereocenters. The highest BCUT2D eigenvalue weighted by Crippen LogP contribution is 2.13. The number of carbonyl (C=O) groups is 2. The first-order chi connectivity index (χ1) is 14.8. The van der Waals surface area contributed by atoms with Crippen molar-refractivity contribution in [2.45, 2.75) is 12.7 Å². The molecule has 3 rings (SSSR count). The van der Waals surface area contributed by atoms with Gasteiger partial charge in [-0.25, -0.2) is 13.2 Å². The quantitative estimate of drug-likeness (QED) is 0.766. The average molecular weight is 441 g/mol. The molecule has 1 N–H and O–H groups in total. The second kappa shape index (κ2) is 9.62. The lowest BCUT2D eigenvalue weighted by atomic mass is 10.2. The molecule has 1 saturated heterocycles.